The van der Waals surface area contributed by atoms with E-state index in [0.717, 1.165) is 19.3 Å². The maximum Gasteiger partial charge on any atom is 0.270 e. The maximum absolute atomic E-state index is 12.4. The van der Waals surface area contributed by atoms with Crippen molar-refractivity contribution in [3.63, 3.8) is 0 Å². The largest absolute Gasteiger partial charge is 0.507 e. The van der Waals surface area contributed by atoms with Crippen molar-refractivity contribution in [2.45, 2.75) is 38.3 Å². The van der Waals surface area contributed by atoms with Crippen LogP contribution in [0.1, 0.15) is 36.7 Å². The van der Waals surface area contributed by atoms with Crippen molar-refractivity contribution in [3.8, 4) is 17.1 Å². The van der Waals surface area contributed by atoms with E-state index >= 15 is 0 Å². The number of amides is 1. The summed E-state index contributed by atoms with van der Waals surface area (Å²) < 4.78 is 0. The molecule has 2 aromatic rings. The van der Waals surface area contributed by atoms with Crippen molar-refractivity contribution >= 4 is 23.3 Å². The van der Waals surface area contributed by atoms with Gasteiger partial charge >= 0.3 is 0 Å². The Bertz CT molecular complexity index is 810. The number of nitrogens with zero attached hydrogens (tertiary/aromatic N) is 2. The molecule has 26 heavy (non-hydrogen) atoms. The standard InChI is InChI=1S/C18H22ClN5O2/c1-2-11(20)9-21-16-8-14(18(26)22-12-4-5-12)23-17(24-16)13-7-10(19)3-6-15(13)25/h3,6-8,11-12,25H,2,4-5,9,20H2,1H3,(H,22,26)(H,21,23,24)/t11-/m1/s1. The molecule has 1 fully saturated rings. The number of phenols is 1. The summed E-state index contributed by atoms with van der Waals surface area (Å²) in [4.78, 5) is 21.2. The highest BCUT2D eigenvalue weighted by atomic mass is 35.5. The van der Waals surface area contributed by atoms with Gasteiger partial charge in [-0.2, -0.15) is 0 Å². The van der Waals surface area contributed by atoms with Crippen LogP contribution in [-0.4, -0.2) is 39.6 Å². The summed E-state index contributed by atoms with van der Waals surface area (Å²) in [6.45, 7) is 2.51. The van der Waals surface area contributed by atoms with E-state index in [2.05, 4.69) is 20.6 Å². The van der Waals surface area contributed by atoms with Crippen molar-refractivity contribution in [1.82, 2.24) is 15.3 Å². The lowest BCUT2D eigenvalue weighted by atomic mass is 10.2. The van der Waals surface area contributed by atoms with E-state index < -0.39 is 0 Å². The zero-order valence-electron chi connectivity index (χ0n) is 14.5. The smallest absolute Gasteiger partial charge is 0.270 e. The predicted molar refractivity (Wildman–Crippen MR) is 101 cm³/mol. The number of hydrogen-bond acceptors (Lipinski definition) is 6. The summed E-state index contributed by atoms with van der Waals surface area (Å²) in [5, 5.41) is 16.6. The molecule has 1 heterocycles. The fourth-order valence-electron chi connectivity index (χ4n) is 2.33. The van der Waals surface area contributed by atoms with Gasteiger partial charge in [0.15, 0.2) is 5.82 Å². The monoisotopic (exact) mass is 375 g/mol. The normalized spacial score (nSPS) is 14.7. The number of carbonyl (C=O) groups excluding carboxylic acids is 1. The summed E-state index contributed by atoms with van der Waals surface area (Å²) in [7, 11) is 0. The summed E-state index contributed by atoms with van der Waals surface area (Å²) in [5.74, 6) is 0.422. The molecule has 0 saturated heterocycles. The third-order valence-corrected chi connectivity index (χ3v) is 4.38. The first kappa shape index (κ1) is 18.4. The molecule has 1 aliphatic rings. The maximum atomic E-state index is 12.4. The molecule has 5 N–H and O–H groups in total. The number of anilines is 1. The number of aromatic hydroxyl groups is 1. The van der Waals surface area contributed by atoms with Gasteiger partial charge in [-0.1, -0.05) is 18.5 Å². The van der Waals surface area contributed by atoms with E-state index in [1.807, 2.05) is 6.92 Å². The lowest BCUT2D eigenvalue weighted by Crippen LogP contribution is -2.29. The minimum absolute atomic E-state index is 0.00893. The number of nitrogens with one attached hydrogen (secondary N) is 2. The number of halogens is 1. The van der Waals surface area contributed by atoms with Crippen molar-refractivity contribution in [2.75, 3.05) is 11.9 Å². The Labute approximate surface area is 157 Å². The Morgan fingerprint density at radius 3 is 2.85 bits per heavy atom. The zero-order chi connectivity index (χ0) is 18.7. The summed E-state index contributed by atoms with van der Waals surface area (Å²) in [6.07, 6.45) is 2.78. The Morgan fingerprint density at radius 2 is 2.15 bits per heavy atom. The van der Waals surface area contributed by atoms with Crippen molar-refractivity contribution < 1.29 is 9.90 Å². The van der Waals surface area contributed by atoms with Crippen LogP contribution in [-0.2, 0) is 0 Å². The van der Waals surface area contributed by atoms with Crippen LogP contribution in [0.5, 0.6) is 5.75 Å². The van der Waals surface area contributed by atoms with Gasteiger partial charge in [0.05, 0.1) is 5.56 Å². The van der Waals surface area contributed by atoms with Gasteiger partial charge < -0.3 is 21.5 Å². The number of rotatable bonds is 7. The molecule has 138 valence electrons. The van der Waals surface area contributed by atoms with Gasteiger partial charge in [0, 0.05) is 29.7 Å². The second-order valence-electron chi connectivity index (χ2n) is 6.42. The summed E-state index contributed by atoms with van der Waals surface area (Å²) in [6, 6.07) is 6.38. The average Bonchev–Trinajstić information content (AvgIpc) is 3.45. The Morgan fingerprint density at radius 1 is 1.38 bits per heavy atom. The summed E-state index contributed by atoms with van der Waals surface area (Å²) in [5.41, 5.74) is 6.54. The van der Waals surface area contributed by atoms with Gasteiger partial charge in [0.25, 0.3) is 5.91 Å². The van der Waals surface area contributed by atoms with Crippen LogP contribution < -0.4 is 16.4 Å². The van der Waals surface area contributed by atoms with E-state index in [0.29, 0.717) is 22.9 Å². The molecule has 3 rings (SSSR count). The summed E-state index contributed by atoms with van der Waals surface area (Å²) >= 11 is 6.03. The highest BCUT2D eigenvalue weighted by molar-refractivity contribution is 6.30. The molecule has 1 aliphatic carbocycles. The van der Waals surface area contributed by atoms with Gasteiger partial charge in [-0.15, -0.1) is 0 Å². The van der Waals surface area contributed by atoms with E-state index in [4.69, 9.17) is 17.3 Å². The zero-order valence-corrected chi connectivity index (χ0v) is 15.3. The fraction of sp³-hybridized carbons (Fsp3) is 0.389. The molecule has 0 unspecified atom stereocenters. The number of hydrogen-bond donors (Lipinski definition) is 4. The molecular weight excluding hydrogens is 354 g/mol. The first-order valence-corrected chi connectivity index (χ1v) is 9.02. The minimum Gasteiger partial charge on any atom is -0.507 e. The highest BCUT2D eigenvalue weighted by Crippen LogP contribution is 2.30. The molecule has 0 aliphatic heterocycles. The molecule has 1 saturated carbocycles. The van der Waals surface area contributed by atoms with Crippen LogP contribution in [0.2, 0.25) is 5.02 Å². The molecule has 0 spiro atoms. The van der Waals surface area contributed by atoms with Crippen molar-refractivity contribution in [3.05, 3.63) is 35.0 Å². The Kier molecular flexibility index (Phi) is 5.58. The number of phenolic OH excluding ortho intramolecular Hbond substituents is 1. The Hall–Kier alpha value is -2.38. The highest BCUT2D eigenvalue weighted by Gasteiger charge is 2.25. The SMILES string of the molecule is CC[C@@H](N)CNc1cc(C(=O)NC2CC2)nc(-c2cc(Cl)ccc2O)n1. The van der Waals surface area contributed by atoms with Crippen LogP contribution in [0.4, 0.5) is 5.82 Å². The molecule has 0 bridgehead atoms. The number of aromatic nitrogens is 2. The number of benzene rings is 1. The minimum atomic E-state index is -0.263. The predicted octanol–water partition coefficient (Wildman–Crippen LogP) is 2.54. The lowest BCUT2D eigenvalue weighted by Gasteiger charge is -2.13. The van der Waals surface area contributed by atoms with Crippen LogP contribution in [0.3, 0.4) is 0 Å². The van der Waals surface area contributed by atoms with Gasteiger partial charge in [0.2, 0.25) is 0 Å². The van der Waals surface area contributed by atoms with E-state index in [1.165, 1.54) is 6.07 Å². The van der Waals surface area contributed by atoms with Crippen molar-refractivity contribution in [1.29, 1.82) is 0 Å². The first-order chi connectivity index (χ1) is 12.5. The molecule has 1 aromatic heterocycles. The quantitative estimate of drug-likeness (QED) is 0.591. The average molecular weight is 376 g/mol. The first-order valence-electron chi connectivity index (χ1n) is 8.64. The van der Waals surface area contributed by atoms with E-state index in [-0.39, 0.29) is 35.3 Å². The molecule has 8 heteroatoms. The topological polar surface area (TPSA) is 113 Å². The van der Waals surface area contributed by atoms with E-state index in [1.54, 1.807) is 18.2 Å². The van der Waals surface area contributed by atoms with Crippen LogP contribution >= 0.6 is 11.6 Å². The molecule has 1 amide bonds. The van der Waals surface area contributed by atoms with E-state index in [9.17, 15) is 9.90 Å². The molecular formula is C18H22ClN5O2. The second kappa shape index (κ2) is 7.88. The second-order valence-corrected chi connectivity index (χ2v) is 6.86. The van der Waals surface area contributed by atoms with Crippen LogP contribution in [0, 0.1) is 0 Å². The Balaban J connectivity index is 1.95. The van der Waals surface area contributed by atoms with Gasteiger partial charge in [-0.05, 0) is 37.5 Å². The number of carbonyl (C=O) groups is 1. The third kappa shape index (κ3) is 4.62. The van der Waals surface area contributed by atoms with Gasteiger partial charge in [-0.25, -0.2) is 9.97 Å². The molecule has 1 aromatic carbocycles. The van der Waals surface area contributed by atoms with Crippen LogP contribution in [0.15, 0.2) is 24.3 Å². The number of nitrogens with two attached hydrogens (primary N) is 1. The third-order valence-electron chi connectivity index (χ3n) is 4.14. The van der Waals surface area contributed by atoms with Gasteiger partial charge in [-0.3, -0.25) is 4.79 Å². The van der Waals surface area contributed by atoms with Crippen molar-refractivity contribution in [2.24, 2.45) is 5.73 Å². The van der Waals surface area contributed by atoms with Crippen LogP contribution in [0.25, 0.3) is 11.4 Å². The fourth-order valence-corrected chi connectivity index (χ4v) is 2.50. The molecule has 0 radical (unpaired) electrons. The molecule has 7 nitrogen and oxygen atoms in total. The molecule has 1 atom stereocenters. The lowest BCUT2D eigenvalue weighted by molar-refractivity contribution is 0.0946. The van der Waals surface area contributed by atoms with Gasteiger partial charge in [0.1, 0.15) is 17.3 Å².